The highest BCUT2D eigenvalue weighted by atomic mass is 16.5. The Labute approximate surface area is 119 Å². The van der Waals surface area contributed by atoms with Crippen molar-refractivity contribution < 1.29 is 19.4 Å². The van der Waals surface area contributed by atoms with E-state index in [4.69, 9.17) is 9.84 Å². The molecule has 0 aromatic heterocycles. The minimum Gasteiger partial charge on any atom is -0.480 e. The fourth-order valence-electron chi connectivity index (χ4n) is 3.08. The third-order valence-electron chi connectivity index (χ3n) is 4.20. The first-order valence-electron chi connectivity index (χ1n) is 7.42. The summed E-state index contributed by atoms with van der Waals surface area (Å²) < 4.78 is 5.72. The lowest BCUT2D eigenvalue weighted by Crippen LogP contribution is -2.59. The molecule has 1 heterocycles. The van der Waals surface area contributed by atoms with E-state index in [0.717, 1.165) is 25.7 Å². The second-order valence-electron chi connectivity index (χ2n) is 5.96. The Morgan fingerprint density at radius 3 is 2.65 bits per heavy atom. The van der Waals surface area contributed by atoms with Gasteiger partial charge in [-0.25, -0.2) is 9.59 Å². The van der Waals surface area contributed by atoms with Gasteiger partial charge in [0.15, 0.2) is 0 Å². The van der Waals surface area contributed by atoms with E-state index >= 15 is 0 Å². The molecule has 2 aliphatic rings. The van der Waals surface area contributed by atoms with Crippen LogP contribution < -0.4 is 5.32 Å². The van der Waals surface area contributed by atoms with E-state index in [1.165, 1.54) is 0 Å². The second-order valence-corrected chi connectivity index (χ2v) is 5.96. The van der Waals surface area contributed by atoms with Gasteiger partial charge in [0.05, 0.1) is 18.8 Å². The van der Waals surface area contributed by atoms with Gasteiger partial charge in [0.25, 0.3) is 0 Å². The van der Waals surface area contributed by atoms with Crippen molar-refractivity contribution in [1.82, 2.24) is 10.2 Å². The number of carbonyl (C=O) groups excluding carboxylic acids is 1. The van der Waals surface area contributed by atoms with Crippen LogP contribution in [0.1, 0.15) is 39.5 Å². The number of urea groups is 1. The molecule has 20 heavy (non-hydrogen) atoms. The highest BCUT2D eigenvalue weighted by Gasteiger charge is 2.38. The normalized spacial score (nSPS) is 27.9. The number of carboxylic acid groups (broad SMARTS) is 1. The quantitative estimate of drug-likeness (QED) is 0.822. The molecule has 1 saturated heterocycles. The number of aliphatic carboxylic acids is 1. The topological polar surface area (TPSA) is 78.9 Å². The maximum atomic E-state index is 12.4. The summed E-state index contributed by atoms with van der Waals surface area (Å²) in [5.74, 6) is -1.12. The molecule has 0 aromatic carbocycles. The number of carbonyl (C=O) groups is 2. The van der Waals surface area contributed by atoms with Crippen molar-refractivity contribution in [3.05, 3.63) is 0 Å². The summed E-state index contributed by atoms with van der Waals surface area (Å²) >= 11 is 0. The summed E-state index contributed by atoms with van der Waals surface area (Å²) in [5.41, 5.74) is 0. The third kappa shape index (κ3) is 3.23. The summed E-state index contributed by atoms with van der Waals surface area (Å²) in [5, 5.41) is 11.8. The van der Waals surface area contributed by atoms with Crippen molar-refractivity contribution in [3.8, 4) is 0 Å². The Balaban J connectivity index is 2.01. The first kappa shape index (κ1) is 15.1. The van der Waals surface area contributed by atoms with Crippen molar-refractivity contribution in [3.63, 3.8) is 0 Å². The molecule has 2 fully saturated rings. The molecule has 3 atom stereocenters. The molecule has 6 heteroatoms. The maximum absolute atomic E-state index is 12.4. The predicted molar refractivity (Wildman–Crippen MR) is 73.5 cm³/mol. The number of nitrogens with zero attached hydrogens (tertiary/aromatic N) is 1. The van der Waals surface area contributed by atoms with E-state index in [2.05, 4.69) is 5.32 Å². The minimum absolute atomic E-state index is 0.0964. The number of hydrogen-bond donors (Lipinski definition) is 2. The van der Waals surface area contributed by atoms with Gasteiger partial charge in [-0.15, -0.1) is 0 Å². The molecule has 0 radical (unpaired) electrons. The van der Waals surface area contributed by atoms with Gasteiger partial charge in [-0.1, -0.05) is 26.7 Å². The van der Waals surface area contributed by atoms with Crippen LogP contribution in [0, 0.1) is 5.92 Å². The van der Waals surface area contributed by atoms with Gasteiger partial charge in [-0.3, -0.25) is 0 Å². The van der Waals surface area contributed by atoms with Gasteiger partial charge in [0, 0.05) is 6.54 Å². The first-order chi connectivity index (χ1) is 9.50. The van der Waals surface area contributed by atoms with E-state index in [0.29, 0.717) is 13.2 Å². The zero-order valence-corrected chi connectivity index (χ0v) is 12.2. The molecule has 114 valence electrons. The summed E-state index contributed by atoms with van der Waals surface area (Å²) in [6, 6.07) is -1.02. The van der Waals surface area contributed by atoms with Crippen molar-refractivity contribution >= 4 is 12.0 Å². The average molecular weight is 284 g/mol. The molecule has 2 amide bonds. The van der Waals surface area contributed by atoms with Crippen molar-refractivity contribution in [2.45, 2.75) is 57.7 Å². The lowest BCUT2D eigenvalue weighted by atomic mass is 9.90. The molecular formula is C14H24N2O4. The number of fused-ring (bicyclic) bond motifs is 1. The molecule has 2 rings (SSSR count). The Kier molecular flexibility index (Phi) is 4.86. The average Bonchev–Trinajstić information content (AvgIpc) is 2.43. The van der Waals surface area contributed by atoms with Crippen LogP contribution in [-0.2, 0) is 9.53 Å². The van der Waals surface area contributed by atoms with E-state index in [9.17, 15) is 9.59 Å². The molecule has 1 saturated carbocycles. The largest absolute Gasteiger partial charge is 0.480 e. The van der Waals surface area contributed by atoms with Crippen LogP contribution in [0.15, 0.2) is 0 Å². The highest BCUT2D eigenvalue weighted by Crippen LogP contribution is 2.28. The molecule has 0 aromatic rings. The predicted octanol–water partition coefficient (Wildman–Crippen LogP) is 1.45. The van der Waals surface area contributed by atoms with Gasteiger partial charge in [0.1, 0.15) is 6.04 Å². The van der Waals surface area contributed by atoms with Crippen molar-refractivity contribution in [2.24, 2.45) is 5.92 Å². The van der Waals surface area contributed by atoms with Crippen molar-refractivity contribution in [1.29, 1.82) is 0 Å². The van der Waals surface area contributed by atoms with Crippen LogP contribution >= 0.6 is 0 Å². The zero-order valence-electron chi connectivity index (χ0n) is 12.2. The molecule has 0 spiro atoms. The number of rotatable bonds is 3. The summed E-state index contributed by atoms with van der Waals surface area (Å²) in [6.45, 7) is 4.66. The molecule has 0 bridgehead atoms. The molecular weight excluding hydrogens is 260 g/mol. The monoisotopic (exact) mass is 284 g/mol. The zero-order chi connectivity index (χ0) is 14.7. The number of morpholine rings is 1. The third-order valence-corrected chi connectivity index (χ3v) is 4.20. The summed E-state index contributed by atoms with van der Waals surface area (Å²) in [6.07, 6.45) is 4.28. The van der Waals surface area contributed by atoms with Gasteiger partial charge in [-0.05, 0) is 18.8 Å². The fraction of sp³-hybridized carbons (Fsp3) is 0.857. The van der Waals surface area contributed by atoms with Gasteiger partial charge >= 0.3 is 12.0 Å². The Morgan fingerprint density at radius 2 is 2.00 bits per heavy atom. The van der Waals surface area contributed by atoms with E-state index in [1.54, 1.807) is 18.7 Å². The first-order valence-corrected chi connectivity index (χ1v) is 7.42. The fourth-order valence-corrected chi connectivity index (χ4v) is 3.08. The summed E-state index contributed by atoms with van der Waals surface area (Å²) in [4.78, 5) is 25.3. The maximum Gasteiger partial charge on any atom is 0.326 e. The smallest absolute Gasteiger partial charge is 0.326 e. The highest BCUT2D eigenvalue weighted by molar-refractivity contribution is 5.83. The lowest BCUT2D eigenvalue weighted by molar-refractivity contribution is -0.140. The molecule has 2 N–H and O–H groups in total. The number of carboxylic acids is 1. The minimum atomic E-state index is -0.984. The summed E-state index contributed by atoms with van der Waals surface area (Å²) in [7, 11) is 0. The van der Waals surface area contributed by atoms with Crippen LogP contribution in [0.25, 0.3) is 0 Å². The molecule has 2 unspecified atom stereocenters. The van der Waals surface area contributed by atoms with Crippen LogP contribution in [0.3, 0.4) is 0 Å². The SMILES string of the molecule is CC(C)[C@@H](NC(=O)N1CCOC2CCCCC21)C(=O)O. The van der Waals surface area contributed by atoms with Crippen LogP contribution in [0.4, 0.5) is 4.79 Å². The Hall–Kier alpha value is -1.30. The number of nitrogens with one attached hydrogen (secondary N) is 1. The number of ether oxygens (including phenoxy) is 1. The molecule has 1 aliphatic heterocycles. The van der Waals surface area contributed by atoms with Crippen LogP contribution in [-0.4, -0.2) is 53.3 Å². The van der Waals surface area contributed by atoms with E-state index < -0.39 is 12.0 Å². The Bertz CT molecular complexity index is 370. The van der Waals surface area contributed by atoms with E-state index in [1.807, 2.05) is 0 Å². The standard InChI is InChI=1S/C14H24N2O4/c1-9(2)12(13(17)18)15-14(19)16-7-8-20-11-6-4-3-5-10(11)16/h9-12H,3-8H2,1-2H3,(H,15,19)(H,17,18)/t10?,11?,12-/m1/s1. The second kappa shape index (κ2) is 6.43. The Morgan fingerprint density at radius 1 is 1.30 bits per heavy atom. The lowest BCUT2D eigenvalue weighted by Gasteiger charge is -2.44. The van der Waals surface area contributed by atoms with E-state index in [-0.39, 0.29) is 24.1 Å². The number of amides is 2. The van der Waals surface area contributed by atoms with Crippen LogP contribution in [0.5, 0.6) is 0 Å². The van der Waals surface area contributed by atoms with Crippen molar-refractivity contribution in [2.75, 3.05) is 13.2 Å². The van der Waals surface area contributed by atoms with Gasteiger partial charge in [-0.2, -0.15) is 0 Å². The van der Waals surface area contributed by atoms with Gasteiger partial charge in [0.2, 0.25) is 0 Å². The number of hydrogen-bond acceptors (Lipinski definition) is 3. The molecule has 6 nitrogen and oxygen atoms in total. The van der Waals surface area contributed by atoms with Gasteiger partial charge < -0.3 is 20.1 Å². The molecule has 1 aliphatic carbocycles. The van der Waals surface area contributed by atoms with Crippen LogP contribution in [0.2, 0.25) is 0 Å².